The van der Waals surface area contributed by atoms with Crippen molar-refractivity contribution in [1.29, 1.82) is 0 Å². The lowest BCUT2D eigenvalue weighted by Crippen LogP contribution is -2.04. The molecule has 3 nitrogen and oxygen atoms in total. The summed E-state index contributed by atoms with van der Waals surface area (Å²) in [5.41, 5.74) is 2.10. The van der Waals surface area contributed by atoms with Crippen LogP contribution in [0.2, 0.25) is 0 Å². The smallest absolute Gasteiger partial charge is 0.123 e. The van der Waals surface area contributed by atoms with Gasteiger partial charge in [0.1, 0.15) is 11.6 Å². The van der Waals surface area contributed by atoms with Crippen molar-refractivity contribution in [3.63, 3.8) is 0 Å². The van der Waals surface area contributed by atoms with E-state index in [0.717, 1.165) is 5.56 Å². The number of rotatable bonds is 5. The van der Waals surface area contributed by atoms with Crippen LogP contribution < -0.4 is 0 Å². The van der Waals surface area contributed by atoms with Gasteiger partial charge in [0, 0.05) is 18.1 Å². The number of halogens is 1. The molecule has 0 aliphatic carbocycles. The van der Waals surface area contributed by atoms with Crippen molar-refractivity contribution in [1.82, 2.24) is 0 Å². The summed E-state index contributed by atoms with van der Waals surface area (Å²) >= 11 is 0. The third-order valence-corrected chi connectivity index (χ3v) is 3.34. The number of phenolic OH excluding ortho intramolecular Hbond substituents is 1. The van der Waals surface area contributed by atoms with Gasteiger partial charge in [-0.25, -0.2) is 4.39 Å². The van der Waals surface area contributed by atoms with Gasteiger partial charge in [0.25, 0.3) is 0 Å². The number of aromatic hydroxyl groups is 1. The summed E-state index contributed by atoms with van der Waals surface area (Å²) in [7, 11) is 0. The number of aliphatic hydroxyl groups is 2. The van der Waals surface area contributed by atoms with Crippen LogP contribution in [0.3, 0.4) is 0 Å². The molecule has 2 rings (SSSR count). The van der Waals surface area contributed by atoms with Gasteiger partial charge in [0.2, 0.25) is 0 Å². The molecule has 0 radical (unpaired) electrons. The van der Waals surface area contributed by atoms with Crippen molar-refractivity contribution in [2.45, 2.75) is 18.9 Å². The summed E-state index contributed by atoms with van der Waals surface area (Å²) in [5.74, 6) is -0.469. The fourth-order valence-corrected chi connectivity index (χ4v) is 2.31. The van der Waals surface area contributed by atoms with Gasteiger partial charge in [-0.2, -0.15) is 0 Å². The molecule has 3 N–H and O–H groups in total. The van der Waals surface area contributed by atoms with Crippen LogP contribution in [0.4, 0.5) is 4.39 Å². The monoisotopic (exact) mass is 276 g/mol. The minimum atomic E-state index is -0.323. The molecule has 1 unspecified atom stereocenters. The minimum Gasteiger partial charge on any atom is -0.508 e. The lowest BCUT2D eigenvalue weighted by Gasteiger charge is -2.18. The highest BCUT2D eigenvalue weighted by molar-refractivity contribution is 5.43. The van der Waals surface area contributed by atoms with Crippen LogP contribution in [0, 0.1) is 5.82 Å². The molecule has 0 aromatic heterocycles. The molecule has 0 aliphatic rings. The molecule has 0 amide bonds. The Morgan fingerprint density at radius 3 is 2.25 bits per heavy atom. The second kappa shape index (κ2) is 6.50. The largest absolute Gasteiger partial charge is 0.508 e. The average molecular weight is 276 g/mol. The maximum atomic E-state index is 13.0. The van der Waals surface area contributed by atoms with Crippen LogP contribution in [0.5, 0.6) is 5.75 Å². The van der Waals surface area contributed by atoms with Gasteiger partial charge in [-0.3, -0.25) is 0 Å². The molecule has 2 aromatic rings. The molecule has 0 heterocycles. The zero-order chi connectivity index (χ0) is 14.5. The van der Waals surface area contributed by atoms with E-state index >= 15 is 0 Å². The number of phenols is 1. The van der Waals surface area contributed by atoms with Crippen molar-refractivity contribution >= 4 is 0 Å². The fraction of sp³-hybridized carbons (Fsp3) is 0.250. The average Bonchev–Trinajstić information content (AvgIpc) is 2.46. The summed E-state index contributed by atoms with van der Waals surface area (Å²) in [6, 6.07) is 11.0. The topological polar surface area (TPSA) is 60.7 Å². The standard InChI is InChI=1S/C16H17FO3/c17-13-4-2-12(3-5-13)14(7-8-18)15-6-1-11(10-19)9-16(15)20/h1-6,9,14,18-20H,7-8,10H2. The molecule has 1 atom stereocenters. The molecule has 0 aliphatic heterocycles. The highest BCUT2D eigenvalue weighted by atomic mass is 19.1. The van der Waals surface area contributed by atoms with Gasteiger partial charge in [0.05, 0.1) is 6.61 Å². The first-order chi connectivity index (χ1) is 9.65. The highest BCUT2D eigenvalue weighted by Gasteiger charge is 2.17. The Bertz CT molecular complexity index is 566. The van der Waals surface area contributed by atoms with Crippen molar-refractivity contribution in [2.75, 3.05) is 6.61 Å². The fourth-order valence-electron chi connectivity index (χ4n) is 2.31. The minimum absolute atomic E-state index is 0.0385. The molecule has 0 saturated heterocycles. The lowest BCUT2D eigenvalue weighted by atomic mass is 9.87. The Morgan fingerprint density at radius 2 is 1.70 bits per heavy atom. The van der Waals surface area contributed by atoms with E-state index in [1.54, 1.807) is 24.3 Å². The molecule has 4 heteroatoms. The van der Waals surface area contributed by atoms with Crippen molar-refractivity contribution in [3.05, 3.63) is 65.0 Å². The van der Waals surface area contributed by atoms with Crippen LogP contribution in [0.1, 0.15) is 29.0 Å². The highest BCUT2D eigenvalue weighted by Crippen LogP contribution is 2.34. The van der Waals surface area contributed by atoms with Crippen molar-refractivity contribution in [3.8, 4) is 5.75 Å². The summed E-state index contributed by atoms with van der Waals surface area (Å²) in [4.78, 5) is 0. The van der Waals surface area contributed by atoms with Crippen LogP contribution in [0.15, 0.2) is 42.5 Å². The first-order valence-electron chi connectivity index (χ1n) is 6.44. The van der Waals surface area contributed by atoms with Crippen LogP contribution in [-0.4, -0.2) is 21.9 Å². The zero-order valence-corrected chi connectivity index (χ0v) is 11.0. The number of hydrogen-bond acceptors (Lipinski definition) is 3. The maximum Gasteiger partial charge on any atom is 0.123 e. The van der Waals surface area contributed by atoms with Gasteiger partial charge in [-0.1, -0.05) is 24.3 Å². The first-order valence-corrected chi connectivity index (χ1v) is 6.44. The molecule has 20 heavy (non-hydrogen) atoms. The predicted octanol–water partition coefficient (Wildman–Crippen LogP) is 2.54. The van der Waals surface area contributed by atoms with Crippen LogP contribution >= 0.6 is 0 Å². The third-order valence-electron chi connectivity index (χ3n) is 3.34. The molecule has 0 bridgehead atoms. The lowest BCUT2D eigenvalue weighted by molar-refractivity contribution is 0.278. The Labute approximate surface area is 116 Å². The van der Waals surface area contributed by atoms with E-state index in [2.05, 4.69) is 0 Å². The molecule has 0 saturated carbocycles. The summed E-state index contributed by atoms with van der Waals surface area (Å²) < 4.78 is 13.0. The van der Waals surface area contributed by atoms with E-state index in [-0.39, 0.29) is 30.7 Å². The van der Waals surface area contributed by atoms with Gasteiger partial charge < -0.3 is 15.3 Å². The quantitative estimate of drug-likeness (QED) is 0.786. The molecular weight excluding hydrogens is 259 g/mol. The Morgan fingerprint density at radius 1 is 1.00 bits per heavy atom. The van der Waals surface area contributed by atoms with E-state index in [1.165, 1.54) is 18.2 Å². The predicted molar refractivity (Wildman–Crippen MR) is 74.0 cm³/mol. The zero-order valence-electron chi connectivity index (χ0n) is 11.0. The van der Waals surface area contributed by atoms with E-state index in [1.807, 2.05) is 0 Å². The van der Waals surface area contributed by atoms with Crippen LogP contribution in [-0.2, 0) is 6.61 Å². The Hall–Kier alpha value is -1.91. The maximum absolute atomic E-state index is 13.0. The number of hydrogen-bond donors (Lipinski definition) is 3. The molecule has 106 valence electrons. The normalized spacial score (nSPS) is 12.3. The van der Waals surface area contributed by atoms with Gasteiger partial charge in [-0.15, -0.1) is 0 Å². The summed E-state index contributed by atoms with van der Waals surface area (Å²) in [6.45, 7) is -0.182. The molecule has 0 spiro atoms. The van der Waals surface area contributed by atoms with Crippen LogP contribution in [0.25, 0.3) is 0 Å². The van der Waals surface area contributed by atoms with E-state index in [0.29, 0.717) is 17.5 Å². The number of benzene rings is 2. The van der Waals surface area contributed by atoms with E-state index < -0.39 is 0 Å². The SMILES string of the molecule is OCCC(c1ccc(F)cc1)c1ccc(CO)cc1O. The van der Waals surface area contributed by atoms with E-state index in [9.17, 15) is 14.6 Å². The molecule has 0 fully saturated rings. The summed E-state index contributed by atoms with van der Waals surface area (Å²) in [6.07, 6.45) is 0.428. The van der Waals surface area contributed by atoms with Gasteiger partial charge in [-0.05, 0) is 35.7 Å². The third kappa shape index (κ3) is 3.15. The van der Waals surface area contributed by atoms with Crippen molar-refractivity contribution in [2.24, 2.45) is 0 Å². The second-order valence-electron chi connectivity index (χ2n) is 4.67. The van der Waals surface area contributed by atoms with Gasteiger partial charge in [0.15, 0.2) is 0 Å². The molecule has 2 aromatic carbocycles. The molecular formula is C16H17FO3. The van der Waals surface area contributed by atoms with Gasteiger partial charge >= 0.3 is 0 Å². The number of aliphatic hydroxyl groups excluding tert-OH is 2. The van der Waals surface area contributed by atoms with E-state index in [4.69, 9.17) is 5.11 Å². The first kappa shape index (κ1) is 14.5. The Kier molecular flexibility index (Phi) is 4.71. The van der Waals surface area contributed by atoms with Crippen molar-refractivity contribution < 1.29 is 19.7 Å². The Balaban J connectivity index is 2.40. The summed E-state index contributed by atoms with van der Waals surface area (Å²) in [5, 5.41) is 28.3. The second-order valence-corrected chi connectivity index (χ2v) is 4.67.